The van der Waals surface area contributed by atoms with E-state index < -0.39 is 0 Å². The van der Waals surface area contributed by atoms with Crippen LogP contribution in [0.15, 0.2) is 28.7 Å². The molecule has 1 amide bonds. The third-order valence-electron chi connectivity index (χ3n) is 3.04. The van der Waals surface area contributed by atoms with Gasteiger partial charge in [-0.05, 0) is 36.6 Å². The summed E-state index contributed by atoms with van der Waals surface area (Å²) in [4.78, 5) is 13.5. The first-order valence-corrected chi connectivity index (χ1v) is 6.77. The molecular formula is C14H16BrNO2. The highest BCUT2D eigenvalue weighted by molar-refractivity contribution is 9.10. The first-order chi connectivity index (χ1) is 8.56. The number of aliphatic hydroxyl groups is 1. The lowest BCUT2D eigenvalue weighted by Crippen LogP contribution is -2.27. The van der Waals surface area contributed by atoms with E-state index in [9.17, 15) is 9.90 Å². The van der Waals surface area contributed by atoms with Crippen LogP contribution in [0.4, 0.5) is 0 Å². The fourth-order valence-corrected chi connectivity index (χ4v) is 2.60. The molecule has 1 aliphatic heterocycles. The zero-order valence-electron chi connectivity index (χ0n) is 10.3. The van der Waals surface area contributed by atoms with Crippen molar-refractivity contribution in [3.8, 4) is 0 Å². The van der Waals surface area contributed by atoms with Gasteiger partial charge in [0, 0.05) is 23.6 Å². The molecule has 4 heteroatoms. The van der Waals surface area contributed by atoms with Gasteiger partial charge in [0.25, 0.3) is 0 Å². The Hall–Kier alpha value is -1.13. The molecule has 1 aliphatic rings. The molecule has 18 heavy (non-hydrogen) atoms. The van der Waals surface area contributed by atoms with Crippen LogP contribution in [0.5, 0.6) is 0 Å². The Bertz CT molecular complexity index is 485. The van der Waals surface area contributed by atoms with Gasteiger partial charge < -0.3 is 10.0 Å². The standard InChI is InChI=1S/C14H16BrNO2/c1-10-2-3-11(13(15)8-10)4-5-14(18)16-7-6-12(17)9-16/h2-5,8,12,17H,6-7,9H2,1H3/t12-/m1/s1. The Morgan fingerprint density at radius 3 is 2.94 bits per heavy atom. The van der Waals surface area contributed by atoms with E-state index in [1.165, 1.54) is 5.56 Å². The molecule has 1 saturated heterocycles. The molecule has 0 spiro atoms. The molecule has 0 bridgehead atoms. The maximum absolute atomic E-state index is 11.9. The van der Waals surface area contributed by atoms with Gasteiger partial charge in [0.1, 0.15) is 0 Å². The van der Waals surface area contributed by atoms with Crippen LogP contribution in [-0.2, 0) is 4.79 Å². The summed E-state index contributed by atoms with van der Waals surface area (Å²) >= 11 is 3.47. The zero-order valence-corrected chi connectivity index (χ0v) is 11.9. The predicted octanol–water partition coefficient (Wildman–Crippen LogP) is 2.36. The van der Waals surface area contributed by atoms with Crippen molar-refractivity contribution in [3.63, 3.8) is 0 Å². The normalized spacial score (nSPS) is 19.7. The molecule has 1 N–H and O–H groups in total. The maximum Gasteiger partial charge on any atom is 0.246 e. The molecule has 96 valence electrons. The quantitative estimate of drug-likeness (QED) is 0.852. The summed E-state index contributed by atoms with van der Waals surface area (Å²) in [5, 5.41) is 9.38. The fraction of sp³-hybridized carbons (Fsp3) is 0.357. The molecule has 2 rings (SSSR count). The van der Waals surface area contributed by atoms with Gasteiger partial charge in [-0.1, -0.05) is 28.1 Å². The van der Waals surface area contributed by atoms with Crippen LogP contribution in [0.3, 0.4) is 0 Å². The minimum atomic E-state index is -0.367. The molecule has 3 nitrogen and oxygen atoms in total. The first-order valence-electron chi connectivity index (χ1n) is 5.97. The van der Waals surface area contributed by atoms with Crippen molar-refractivity contribution < 1.29 is 9.90 Å². The molecule has 1 atom stereocenters. The number of halogens is 1. The smallest absolute Gasteiger partial charge is 0.246 e. The largest absolute Gasteiger partial charge is 0.391 e. The molecule has 0 unspecified atom stereocenters. The van der Waals surface area contributed by atoms with Crippen molar-refractivity contribution in [2.24, 2.45) is 0 Å². The number of nitrogens with zero attached hydrogens (tertiary/aromatic N) is 1. The molecule has 1 heterocycles. The zero-order chi connectivity index (χ0) is 13.1. The molecule has 0 radical (unpaired) electrons. The number of carbonyl (C=O) groups excluding carboxylic acids is 1. The highest BCUT2D eigenvalue weighted by Crippen LogP contribution is 2.20. The van der Waals surface area contributed by atoms with E-state index in [1.54, 1.807) is 17.1 Å². The van der Waals surface area contributed by atoms with Crippen LogP contribution in [0.25, 0.3) is 6.08 Å². The lowest BCUT2D eigenvalue weighted by molar-refractivity contribution is -0.125. The monoisotopic (exact) mass is 309 g/mol. The second-order valence-corrected chi connectivity index (χ2v) is 5.44. The lowest BCUT2D eigenvalue weighted by atomic mass is 10.1. The highest BCUT2D eigenvalue weighted by Gasteiger charge is 2.22. The lowest BCUT2D eigenvalue weighted by Gasteiger charge is -2.12. The van der Waals surface area contributed by atoms with Gasteiger partial charge in [0.2, 0.25) is 5.91 Å². The van der Waals surface area contributed by atoms with Crippen LogP contribution in [-0.4, -0.2) is 35.1 Å². The summed E-state index contributed by atoms with van der Waals surface area (Å²) in [6.07, 6.45) is 3.67. The fourth-order valence-electron chi connectivity index (χ4n) is 1.98. The second kappa shape index (κ2) is 5.67. The van der Waals surface area contributed by atoms with Crippen LogP contribution >= 0.6 is 15.9 Å². The van der Waals surface area contributed by atoms with Crippen molar-refractivity contribution >= 4 is 27.9 Å². The van der Waals surface area contributed by atoms with Crippen molar-refractivity contribution in [2.75, 3.05) is 13.1 Å². The van der Waals surface area contributed by atoms with Gasteiger partial charge in [-0.3, -0.25) is 4.79 Å². The van der Waals surface area contributed by atoms with E-state index in [1.807, 2.05) is 25.1 Å². The summed E-state index contributed by atoms with van der Waals surface area (Å²) < 4.78 is 0.980. The number of amides is 1. The number of hydrogen-bond acceptors (Lipinski definition) is 2. The van der Waals surface area contributed by atoms with Crippen LogP contribution in [0, 0.1) is 6.92 Å². The number of likely N-dealkylation sites (tertiary alicyclic amines) is 1. The predicted molar refractivity (Wildman–Crippen MR) is 75.1 cm³/mol. The summed E-state index contributed by atoms with van der Waals surface area (Å²) in [6.45, 7) is 3.10. The van der Waals surface area contributed by atoms with Crippen molar-refractivity contribution in [3.05, 3.63) is 39.9 Å². The topological polar surface area (TPSA) is 40.5 Å². The van der Waals surface area contributed by atoms with E-state index in [0.717, 1.165) is 10.0 Å². The minimum Gasteiger partial charge on any atom is -0.391 e. The molecule has 1 fully saturated rings. The van der Waals surface area contributed by atoms with E-state index in [-0.39, 0.29) is 12.0 Å². The maximum atomic E-state index is 11.9. The van der Waals surface area contributed by atoms with Gasteiger partial charge in [-0.2, -0.15) is 0 Å². The average Bonchev–Trinajstić information content (AvgIpc) is 2.74. The second-order valence-electron chi connectivity index (χ2n) is 4.59. The number of benzene rings is 1. The van der Waals surface area contributed by atoms with Gasteiger partial charge in [-0.25, -0.2) is 0 Å². The van der Waals surface area contributed by atoms with Crippen LogP contribution < -0.4 is 0 Å². The molecule has 1 aromatic rings. The number of rotatable bonds is 2. The molecule has 0 saturated carbocycles. The molecule has 1 aromatic carbocycles. The highest BCUT2D eigenvalue weighted by atomic mass is 79.9. The van der Waals surface area contributed by atoms with Gasteiger partial charge in [0.15, 0.2) is 0 Å². The Kier molecular flexibility index (Phi) is 4.19. The van der Waals surface area contributed by atoms with E-state index in [4.69, 9.17) is 0 Å². The third-order valence-corrected chi connectivity index (χ3v) is 3.72. The SMILES string of the molecule is Cc1ccc(C=CC(=O)N2CC[C@@H](O)C2)c(Br)c1. The molecular weight excluding hydrogens is 294 g/mol. The van der Waals surface area contributed by atoms with Gasteiger partial charge in [-0.15, -0.1) is 0 Å². The Morgan fingerprint density at radius 1 is 1.56 bits per heavy atom. The van der Waals surface area contributed by atoms with Crippen LogP contribution in [0.1, 0.15) is 17.5 Å². The van der Waals surface area contributed by atoms with E-state index in [2.05, 4.69) is 15.9 Å². The summed E-state index contributed by atoms with van der Waals surface area (Å²) in [6, 6.07) is 6.00. The number of carbonyl (C=O) groups is 1. The van der Waals surface area contributed by atoms with E-state index >= 15 is 0 Å². The minimum absolute atomic E-state index is 0.0426. The molecule has 0 aliphatic carbocycles. The summed E-state index contributed by atoms with van der Waals surface area (Å²) in [5.74, 6) is -0.0426. The Balaban J connectivity index is 2.04. The van der Waals surface area contributed by atoms with Crippen molar-refractivity contribution in [2.45, 2.75) is 19.4 Å². The first kappa shape index (κ1) is 13.3. The van der Waals surface area contributed by atoms with E-state index in [0.29, 0.717) is 19.5 Å². The number of hydrogen-bond donors (Lipinski definition) is 1. The Labute approximate surface area is 115 Å². The van der Waals surface area contributed by atoms with Gasteiger partial charge >= 0.3 is 0 Å². The molecule has 0 aromatic heterocycles. The summed E-state index contributed by atoms with van der Waals surface area (Å²) in [5.41, 5.74) is 2.15. The van der Waals surface area contributed by atoms with Crippen molar-refractivity contribution in [1.82, 2.24) is 4.90 Å². The number of aliphatic hydroxyl groups excluding tert-OH is 1. The third kappa shape index (κ3) is 3.21. The summed E-state index contributed by atoms with van der Waals surface area (Å²) in [7, 11) is 0. The number of aryl methyl sites for hydroxylation is 1. The number of β-amino-alcohol motifs (C(OH)–C–C–N with tert-alkyl or cyclic N) is 1. The average molecular weight is 310 g/mol. The van der Waals surface area contributed by atoms with Gasteiger partial charge in [0.05, 0.1) is 6.10 Å². The van der Waals surface area contributed by atoms with Crippen molar-refractivity contribution in [1.29, 1.82) is 0 Å². The Morgan fingerprint density at radius 2 is 2.33 bits per heavy atom. The van der Waals surface area contributed by atoms with Crippen LogP contribution in [0.2, 0.25) is 0 Å².